The molecule has 2 fully saturated rings. The van der Waals surface area contributed by atoms with E-state index in [0.717, 1.165) is 79.7 Å². The lowest BCUT2D eigenvalue weighted by molar-refractivity contribution is -0.123. The van der Waals surface area contributed by atoms with Crippen molar-refractivity contribution in [1.82, 2.24) is 24.3 Å². The van der Waals surface area contributed by atoms with E-state index in [9.17, 15) is 9.59 Å². The van der Waals surface area contributed by atoms with Crippen molar-refractivity contribution in [3.63, 3.8) is 0 Å². The summed E-state index contributed by atoms with van der Waals surface area (Å²) in [6.45, 7) is 3.99. The van der Waals surface area contributed by atoms with Crippen LogP contribution in [0.25, 0.3) is 0 Å². The summed E-state index contributed by atoms with van der Waals surface area (Å²) in [5, 5.41) is 3.93. The molecule has 2 aliphatic carbocycles. The van der Waals surface area contributed by atoms with E-state index in [4.69, 9.17) is 21.3 Å². The highest BCUT2D eigenvalue weighted by molar-refractivity contribution is 6.30. The van der Waals surface area contributed by atoms with Crippen molar-refractivity contribution in [3.8, 4) is 0 Å². The van der Waals surface area contributed by atoms with E-state index in [1.807, 2.05) is 62.0 Å². The SMILES string of the molecule is Cc1cn(CCc2ccccc2NC(=O)C2CN(C3c4ccc(Cl)cc4CCc4cccnc43)CCN2C(=O)OC2CCCCC2)cn1. The number of nitrogens with zero attached hydrogens (tertiary/aromatic N) is 5. The average Bonchev–Trinajstić information content (AvgIpc) is 3.45. The molecular weight excluding hydrogens is 624 g/mol. The Morgan fingerprint density at radius 3 is 2.65 bits per heavy atom. The van der Waals surface area contributed by atoms with E-state index in [1.54, 1.807) is 4.90 Å². The zero-order valence-electron chi connectivity index (χ0n) is 27.5. The number of aryl methyl sites for hydroxylation is 5. The number of amides is 2. The number of rotatable bonds is 7. The molecule has 9 nitrogen and oxygen atoms in total. The fourth-order valence-corrected chi connectivity index (χ4v) is 7.74. The predicted molar refractivity (Wildman–Crippen MR) is 186 cm³/mol. The molecule has 2 atom stereocenters. The van der Waals surface area contributed by atoms with Gasteiger partial charge in [0.2, 0.25) is 5.91 Å². The number of carbonyl (C=O) groups excluding carboxylic acids is 2. The number of fused-ring (bicyclic) bond motifs is 2. The van der Waals surface area contributed by atoms with Gasteiger partial charge in [-0.05, 0) is 98.4 Å². The van der Waals surface area contributed by atoms with Gasteiger partial charge in [0.05, 0.1) is 23.8 Å². The number of ether oxygens (including phenoxy) is 1. The Bertz CT molecular complexity index is 1770. The van der Waals surface area contributed by atoms with E-state index >= 15 is 0 Å². The molecule has 0 bridgehead atoms. The van der Waals surface area contributed by atoms with Gasteiger partial charge in [-0.3, -0.25) is 19.6 Å². The lowest BCUT2D eigenvalue weighted by Crippen LogP contribution is -2.60. The van der Waals surface area contributed by atoms with E-state index in [1.165, 1.54) is 17.5 Å². The molecule has 1 saturated carbocycles. The van der Waals surface area contributed by atoms with Crippen molar-refractivity contribution in [1.29, 1.82) is 0 Å². The number of aromatic nitrogens is 3. The van der Waals surface area contributed by atoms with Crippen LogP contribution in [0.2, 0.25) is 5.02 Å². The molecule has 3 aliphatic rings. The molecule has 0 radical (unpaired) electrons. The number of carbonyl (C=O) groups is 2. The van der Waals surface area contributed by atoms with E-state index < -0.39 is 12.1 Å². The number of anilines is 1. The van der Waals surface area contributed by atoms with E-state index in [-0.39, 0.29) is 18.1 Å². The fraction of sp³-hybridized carbons (Fsp3) is 0.421. The van der Waals surface area contributed by atoms with Gasteiger partial charge in [-0.2, -0.15) is 0 Å². The smallest absolute Gasteiger partial charge is 0.410 e. The van der Waals surface area contributed by atoms with Crippen LogP contribution in [0.4, 0.5) is 10.5 Å². The highest BCUT2D eigenvalue weighted by atomic mass is 35.5. The van der Waals surface area contributed by atoms with Crippen molar-refractivity contribution < 1.29 is 14.3 Å². The van der Waals surface area contributed by atoms with Crippen molar-refractivity contribution in [2.24, 2.45) is 0 Å². The van der Waals surface area contributed by atoms with Gasteiger partial charge in [-0.25, -0.2) is 9.78 Å². The third-order valence-electron chi connectivity index (χ3n) is 10.1. The zero-order chi connectivity index (χ0) is 33.0. The first-order chi connectivity index (χ1) is 23.4. The van der Waals surface area contributed by atoms with Crippen LogP contribution >= 0.6 is 11.6 Å². The highest BCUT2D eigenvalue weighted by Gasteiger charge is 2.41. The van der Waals surface area contributed by atoms with Crippen LogP contribution in [0.1, 0.15) is 71.8 Å². The monoisotopic (exact) mass is 666 g/mol. The number of halogens is 1. The predicted octanol–water partition coefficient (Wildman–Crippen LogP) is 6.76. The van der Waals surface area contributed by atoms with E-state index in [0.29, 0.717) is 24.7 Å². The second-order valence-corrected chi connectivity index (χ2v) is 13.7. The number of nitrogens with one attached hydrogen (secondary N) is 1. The first-order valence-electron chi connectivity index (χ1n) is 17.2. The van der Waals surface area contributed by atoms with Gasteiger partial charge >= 0.3 is 6.09 Å². The molecule has 2 aromatic heterocycles. The minimum atomic E-state index is -0.759. The van der Waals surface area contributed by atoms with Gasteiger partial charge in [0.15, 0.2) is 0 Å². The quantitative estimate of drug-likeness (QED) is 0.234. The number of para-hydroxylation sites is 1. The summed E-state index contributed by atoms with van der Waals surface area (Å²) >= 11 is 6.48. The molecule has 2 unspecified atom stereocenters. The second-order valence-electron chi connectivity index (χ2n) is 13.3. The molecule has 1 aliphatic heterocycles. The Morgan fingerprint density at radius 1 is 0.979 bits per heavy atom. The molecule has 1 saturated heterocycles. The number of hydrogen-bond donors (Lipinski definition) is 1. The van der Waals surface area contributed by atoms with Gasteiger partial charge in [-0.1, -0.05) is 48.4 Å². The highest BCUT2D eigenvalue weighted by Crippen LogP contribution is 2.38. The van der Waals surface area contributed by atoms with Crippen molar-refractivity contribution >= 4 is 29.3 Å². The molecule has 250 valence electrons. The molecule has 48 heavy (non-hydrogen) atoms. The number of imidazole rings is 1. The number of hydrogen-bond acceptors (Lipinski definition) is 6. The zero-order valence-corrected chi connectivity index (χ0v) is 28.2. The first kappa shape index (κ1) is 32.3. The summed E-state index contributed by atoms with van der Waals surface area (Å²) in [4.78, 5) is 41.4. The van der Waals surface area contributed by atoms with Crippen molar-refractivity contribution in [3.05, 3.63) is 112 Å². The van der Waals surface area contributed by atoms with Crippen LogP contribution in [0.5, 0.6) is 0 Å². The Kier molecular flexibility index (Phi) is 9.77. The summed E-state index contributed by atoms with van der Waals surface area (Å²) in [5.41, 5.74) is 7.26. The maximum absolute atomic E-state index is 14.4. The summed E-state index contributed by atoms with van der Waals surface area (Å²) in [6, 6.07) is 17.2. The Morgan fingerprint density at radius 2 is 1.81 bits per heavy atom. The maximum atomic E-state index is 14.4. The summed E-state index contributed by atoms with van der Waals surface area (Å²) in [6.07, 6.45) is 12.6. The van der Waals surface area contributed by atoms with Gasteiger partial charge < -0.3 is 14.6 Å². The van der Waals surface area contributed by atoms with Gasteiger partial charge in [0, 0.05) is 49.3 Å². The summed E-state index contributed by atoms with van der Waals surface area (Å²) in [7, 11) is 0. The van der Waals surface area contributed by atoms with Crippen LogP contribution in [-0.4, -0.2) is 68.1 Å². The number of piperazine rings is 1. The molecular formula is C38H43ClN6O3. The van der Waals surface area contributed by atoms with Gasteiger partial charge in [-0.15, -0.1) is 0 Å². The maximum Gasteiger partial charge on any atom is 0.410 e. The molecule has 1 N–H and O–H groups in total. The van der Waals surface area contributed by atoms with Crippen LogP contribution in [-0.2, 0) is 35.3 Å². The van der Waals surface area contributed by atoms with E-state index in [2.05, 4.69) is 38.0 Å². The van der Waals surface area contributed by atoms with Crippen molar-refractivity contribution in [2.75, 3.05) is 25.0 Å². The largest absolute Gasteiger partial charge is 0.446 e. The lowest BCUT2D eigenvalue weighted by atomic mass is 9.95. The van der Waals surface area contributed by atoms with Gasteiger partial charge in [0.1, 0.15) is 12.1 Å². The van der Waals surface area contributed by atoms with Crippen LogP contribution in [0.15, 0.2) is 73.3 Å². The average molecular weight is 667 g/mol. The Hall–Kier alpha value is -4.21. The molecule has 10 heteroatoms. The summed E-state index contributed by atoms with van der Waals surface area (Å²) in [5.74, 6) is -0.225. The Labute approximate surface area is 287 Å². The molecule has 2 aromatic carbocycles. The van der Waals surface area contributed by atoms with Gasteiger partial charge in [0.25, 0.3) is 0 Å². The third-order valence-corrected chi connectivity index (χ3v) is 10.3. The number of benzene rings is 2. The molecule has 2 amide bonds. The molecule has 4 aromatic rings. The second kappa shape index (κ2) is 14.5. The molecule has 3 heterocycles. The number of pyridine rings is 1. The Balaban J connectivity index is 1.18. The van der Waals surface area contributed by atoms with Crippen LogP contribution in [0.3, 0.4) is 0 Å². The van der Waals surface area contributed by atoms with Crippen molar-refractivity contribution in [2.45, 2.75) is 83.0 Å². The third kappa shape index (κ3) is 7.12. The molecule has 0 spiro atoms. The topological polar surface area (TPSA) is 92.6 Å². The standard InChI is InChI=1S/C38H43ClN6O3/c1-26-23-43(25-41-26)19-17-27-8-5-6-12-33(27)42-37(46)34-24-44(20-21-45(34)38(47)48-31-10-3-2-4-11-31)36-32-16-15-30(39)22-29(32)14-13-28-9-7-18-40-35(28)36/h5-9,12,15-16,18,22-23,25,31,34,36H,2-4,10-11,13-14,17,19-21,24H2,1H3,(H,42,46). The normalized spacial score (nSPS) is 20.0. The lowest BCUT2D eigenvalue weighted by Gasteiger charge is -2.43. The van der Waals surface area contributed by atoms with Crippen LogP contribution in [0, 0.1) is 6.92 Å². The fourth-order valence-electron chi connectivity index (χ4n) is 7.55. The van der Waals surface area contributed by atoms with Crippen LogP contribution < -0.4 is 5.32 Å². The minimum Gasteiger partial charge on any atom is -0.446 e. The minimum absolute atomic E-state index is 0.102. The molecule has 7 rings (SSSR count). The summed E-state index contributed by atoms with van der Waals surface area (Å²) < 4.78 is 8.11. The first-order valence-corrected chi connectivity index (χ1v) is 17.6.